The van der Waals surface area contributed by atoms with Gasteiger partial charge in [-0.1, -0.05) is 46.4 Å². The van der Waals surface area contributed by atoms with Crippen LogP contribution in [0.4, 0.5) is 11.6 Å². The first-order chi connectivity index (χ1) is 10.0. The summed E-state index contributed by atoms with van der Waals surface area (Å²) in [5.74, 6) is 0.380. The van der Waals surface area contributed by atoms with Crippen LogP contribution in [0.2, 0.25) is 20.1 Å². The summed E-state index contributed by atoms with van der Waals surface area (Å²) in [5, 5.41) is 5.82. The number of hydrogen-bond acceptors (Lipinski definition) is 3. The minimum Gasteiger partial charge on any atom is -0.324 e. The van der Waals surface area contributed by atoms with E-state index in [0.29, 0.717) is 42.6 Å². The fourth-order valence-corrected chi connectivity index (χ4v) is 2.80. The van der Waals surface area contributed by atoms with Gasteiger partial charge in [-0.2, -0.15) is 0 Å². The molecule has 0 saturated carbocycles. The van der Waals surface area contributed by atoms with Crippen LogP contribution < -0.4 is 5.32 Å². The molecule has 3 rings (SSSR count). The summed E-state index contributed by atoms with van der Waals surface area (Å²) >= 11 is 24.1. The molecule has 2 aromatic carbocycles. The third-order valence-electron chi connectivity index (χ3n) is 2.77. The summed E-state index contributed by atoms with van der Waals surface area (Å²) < 4.78 is 0. The van der Waals surface area contributed by atoms with Crippen molar-refractivity contribution < 1.29 is 0 Å². The van der Waals surface area contributed by atoms with E-state index in [1.165, 1.54) is 0 Å². The largest absolute Gasteiger partial charge is 0.324 e. The number of aromatic nitrogens is 2. The van der Waals surface area contributed by atoms with Crippen molar-refractivity contribution in [2.24, 2.45) is 0 Å². The highest BCUT2D eigenvalue weighted by Gasteiger charge is 2.08. The van der Waals surface area contributed by atoms with Gasteiger partial charge in [-0.15, -0.1) is 0 Å². The van der Waals surface area contributed by atoms with Gasteiger partial charge in [0.15, 0.2) is 0 Å². The zero-order chi connectivity index (χ0) is 15.0. The number of nitrogens with zero attached hydrogens (tertiary/aromatic N) is 2. The van der Waals surface area contributed by atoms with E-state index in [1.807, 2.05) is 0 Å². The topological polar surface area (TPSA) is 37.8 Å². The Labute approximate surface area is 140 Å². The monoisotopic (exact) mass is 357 g/mol. The molecule has 7 heteroatoms. The first kappa shape index (κ1) is 14.7. The molecule has 3 nitrogen and oxygen atoms in total. The molecule has 1 aromatic heterocycles. The van der Waals surface area contributed by atoms with E-state index in [2.05, 4.69) is 15.3 Å². The average Bonchev–Trinajstić information content (AvgIpc) is 2.42. The third kappa shape index (κ3) is 3.16. The Morgan fingerprint density at radius 3 is 2.24 bits per heavy atom. The predicted molar refractivity (Wildman–Crippen MR) is 89.3 cm³/mol. The molecule has 0 bridgehead atoms. The maximum absolute atomic E-state index is 6.14. The second kappa shape index (κ2) is 5.85. The molecule has 0 spiro atoms. The van der Waals surface area contributed by atoms with Gasteiger partial charge in [0.2, 0.25) is 5.95 Å². The first-order valence-electron chi connectivity index (χ1n) is 5.87. The lowest BCUT2D eigenvalue weighted by Crippen LogP contribution is -1.97. The molecule has 0 aliphatic heterocycles. The van der Waals surface area contributed by atoms with Crippen molar-refractivity contribution in [1.29, 1.82) is 0 Å². The summed E-state index contributed by atoms with van der Waals surface area (Å²) in [6.07, 6.45) is 1.62. The van der Waals surface area contributed by atoms with Crippen molar-refractivity contribution in [3.63, 3.8) is 0 Å². The molecule has 1 N–H and O–H groups in total. The van der Waals surface area contributed by atoms with Crippen molar-refractivity contribution in [2.75, 3.05) is 5.32 Å². The Hall–Kier alpha value is -1.26. The van der Waals surface area contributed by atoms with E-state index in [0.717, 1.165) is 0 Å². The van der Waals surface area contributed by atoms with Crippen molar-refractivity contribution in [3.8, 4) is 0 Å². The molecule has 106 valence electrons. The van der Waals surface area contributed by atoms with Crippen LogP contribution in [0, 0.1) is 0 Å². The lowest BCUT2D eigenvalue weighted by atomic mass is 10.2. The Balaban J connectivity index is 2.03. The number of benzene rings is 2. The van der Waals surface area contributed by atoms with Crippen LogP contribution in [0.3, 0.4) is 0 Å². The zero-order valence-corrected chi connectivity index (χ0v) is 13.4. The maximum atomic E-state index is 6.14. The molecule has 0 aliphatic rings. The Bertz CT molecular complexity index is 816. The van der Waals surface area contributed by atoms with Gasteiger partial charge in [-0.3, -0.25) is 0 Å². The number of nitrogens with one attached hydrogen (secondary N) is 1. The summed E-state index contributed by atoms with van der Waals surface area (Å²) in [4.78, 5) is 8.58. The predicted octanol–water partition coefficient (Wildman–Crippen LogP) is 5.99. The van der Waals surface area contributed by atoms with Gasteiger partial charge in [0.25, 0.3) is 0 Å². The molecule has 0 fully saturated rings. The summed E-state index contributed by atoms with van der Waals surface area (Å²) in [6, 6.07) is 8.49. The molecule has 0 aliphatic carbocycles. The molecule has 21 heavy (non-hydrogen) atoms. The van der Waals surface area contributed by atoms with Crippen LogP contribution in [0.25, 0.3) is 10.9 Å². The Morgan fingerprint density at radius 2 is 1.52 bits per heavy atom. The van der Waals surface area contributed by atoms with Crippen LogP contribution in [0.1, 0.15) is 0 Å². The minimum absolute atomic E-state index is 0.380. The van der Waals surface area contributed by atoms with E-state index < -0.39 is 0 Å². The minimum atomic E-state index is 0.380. The highest BCUT2D eigenvalue weighted by Crippen LogP contribution is 2.29. The number of halogens is 4. The summed E-state index contributed by atoms with van der Waals surface area (Å²) in [6.45, 7) is 0. The molecule has 0 atom stereocenters. The van der Waals surface area contributed by atoms with Crippen molar-refractivity contribution >= 4 is 68.9 Å². The zero-order valence-electron chi connectivity index (χ0n) is 10.4. The number of fused-ring (bicyclic) bond motifs is 1. The van der Waals surface area contributed by atoms with Crippen LogP contribution in [-0.2, 0) is 0 Å². The van der Waals surface area contributed by atoms with Crippen LogP contribution >= 0.6 is 46.4 Å². The Morgan fingerprint density at radius 1 is 0.857 bits per heavy atom. The molecular formula is C14H7Cl4N3. The second-order valence-electron chi connectivity index (χ2n) is 4.27. The van der Waals surface area contributed by atoms with Gasteiger partial charge in [0.1, 0.15) is 0 Å². The third-order valence-corrected chi connectivity index (χ3v) is 3.84. The van der Waals surface area contributed by atoms with Crippen molar-refractivity contribution in [3.05, 3.63) is 56.6 Å². The Kier molecular flexibility index (Phi) is 4.09. The number of rotatable bonds is 2. The summed E-state index contributed by atoms with van der Waals surface area (Å²) in [7, 11) is 0. The molecule has 0 unspecified atom stereocenters. The molecule has 0 amide bonds. The van der Waals surface area contributed by atoms with Crippen LogP contribution in [0.15, 0.2) is 36.5 Å². The fraction of sp³-hybridized carbons (Fsp3) is 0. The fourth-order valence-electron chi connectivity index (χ4n) is 1.87. The van der Waals surface area contributed by atoms with Gasteiger partial charge < -0.3 is 5.32 Å². The van der Waals surface area contributed by atoms with Gasteiger partial charge in [0.05, 0.1) is 15.6 Å². The van der Waals surface area contributed by atoms with Gasteiger partial charge in [-0.25, -0.2) is 9.97 Å². The number of anilines is 2. The highest BCUT2D eigenvalue weighted by molar-refractivity contribution is 6.39. The highest BCUT2D eigenvalue weighted by atomic mass is 35.5. The lowest BCUT2D eigenvalue weighted by molar-refractivity contribution is 1.21. The van der Waals surface area contributed by atoms with E-state index >= 15 is 0 Å². The van der Waals surface area contributed by atoms with Crippen LogP contribution in [0.5, 0.6) is 0 Å². The van der Waals surface area contributed by atoms with E-state index in [1.54, 1.807) is 36.5 Å². The second-order valence-corrected chi connectivity index (χ2v) is 5.96. The molecule has 1 heterocycles. The van der Waals surface area contributed by atoms with Crippen molar-refractivity contribution in [1.82, 2.24) is 9.97 Å². The first-order valence-corrected chi connectivity index (χ1v) is 7.38. The van der Waals surface area contributed by atoms with E-state index in [9.17, 15) is 0 Å². The van der Waals surface area contributed by atoms with Gasteiger partial charge in [0, 0.05) is 27.3 Å². The maximum Gasteiger partial charge on any atom is 0.227 e. The van der Waals surface area contributed by atoms with Crippen LogP contribution in [-0.4, -0.2) is 9.97 Å². The number of hydrogen-bond donors (Lipinski definition) is 1. The normalized spacial score (nSPS) is 10.9. The quantitative estimate of drug-likeness (QED) is 0.611. The molecule has 0 radical (unpaired) electrons. The molecular weight excluding hydrogens is 352 g/mol. The lowest BCUT2D eigenvalue weighted by Gasteiger charge is -2.08. The van der Waals surface area contributed by atoms with E-state index in [-0.39, 0.29) is 0 Å². The van der Waals surface area contributed by atoms with Gasteiger partial charge in [-0.05, 0) is 30.3 Å². The average molecular weight is 359 g/mol. The van der Waals surface area contributed by atoms with E-state index in [4.69, 9.17) is 46.4 Å². The van der Waals surface area contributed by atoms with Crippen molar-refractivity contribution in [2.45, 2.75) is 0 Å². The standard InChI is InChI=1S/C14H7Cl4N3/c15-7-3-8(16)5-9(4-7)20-14-19-6-10-11(17)1-2-12(18)13(10)21-14/h1-6H,(H,19,20,21). The molecule has 0 saturated heterocycles. The smallest absolute Gasteiger partial charge is 0.227 e. The molecule has 3 aromatic rings. The summed E-state index contributed by atoms with van der Waals surface area (Å²) in [5.41, 5.74) is 1.26. The SMILES string of the molecule is Clc1cc(Cl)cc(Nc2ncc3c(Cl)ccc(Cl)c3n2)c1. The van der Waals surface area contributed by atoms with Gasteiger partial charge >= 0.3 is 0 Å².